The van der Waals surface area contributed by atoms with E-state index in [0.717, 1.165) is 31.1 Å². The van der Waals surface area contributed by atoms with Gasteiger partial charge < -0.3 is 15.2 Å². The molecule has 2 rings (SSSR count). The summed E-state index contributed by atoms with van der Waals surface area (Å²) in [7, 11) is 0. The smallest absolute Gasteiger partial charge is 0.119 e. The summed E-state index contributed by atoms with van der Waals surface area (Å²) in [5, 5.41) is 0. The summed E-state index contributed by atoms with van der Waals surface area (Å²) in [6, 6.07) is 7.91. The van der Waals surface area contributed by atoms with E-state index in [4.69, 9.17) is 15.2 Å². The molecule has 1 heterocycles. The van der Waals surface area contributed by atoms with Crippen molar-refractivity contribution in [2.24, 2.45) is 11.7 Å². The number of rotatable bonds is 4. The molecule has 0 bridgehead atoms. The second-order valence-electron chi connectivity index (χ2n) is 3.56. The first-order chi connectivity index (χ1) is 6.88. The third-order valence-electron chi connectivity index (χ3n) is 2.35. The van der Waals surface area contributed by atoms with Crippen LogP contribution in [0.5, 0.6) is 5.75 Å². The topological polar surface area (TPSA) is 44.5 Å². The number of benzene rings is 1. The average molecular weight is 193 g/mol. The Morgan fingerprint density at radius 2 is 2.00 bits per heavy atom. The zero-order chi connectivity index (χ0) is 9.80. The van der Waals surface area contributed by atoms with Crippen LogP contribution < -0.4 is 10.5 Å². The maximum atomic E-state index is 5.59. The molecule has 3 nitrogen and oxygen atoms in total. The van der Waals surface area contributed by atoms with E-state index in [0.29, 0.717) is 12.5 Å². The van der Waals surface area contributed by atoms with Gasteiger partial charge in [0.1, 0.15) is 5.75 Å². The van der Waals surface area contributed by atoms with E-state index in [1.54, 1.807) is 0 Å². The summed E-state index contributed by atoms with van der Waals surface area (Å²) in [5.74, 6) is 1.48. The summed E-state index contributed by atoms with van der Waals surface area (Å²) in [6.07, 6.45) is 0. The van der Waals surface area contributed by atoms with Gasteiger partial charge in [0, 0.05) is 12.5 Å². The molecular formula is C11H15NO2. The Labute approximate surface area is 83.8 Å². The normalized spacial score (nSPS) is 16.4. The SMILES string of the molecule is NCc1ccc(OCC2COC2)cc1. The Morgan fingerprint density at radius 1 is 1.29 bits per heavy atom. The minimum Gasteiger partial charge on any atom is -0.493 e. The van der Waals surface area contributed by atoms with Crippen molar-refractivity contribution in [1.82, 2.24) is 0 Å². The first-order valence-electron chi connectivity index (χ1n) is 4.88. The summed E-state index contributed by atoms with van der Waals surface area (Å²) in [5.41, 5.74) is 6.62. The van der Waals surface area contributed by atoms with Gasteiger partial charge in [0.2, 0.25) is 0 Å². The summed E-state index contributed by atoms with van der Waals surface area (Å²) >= 11 is 0. The first kappa shape index (κ1) is 9.49. The molecule has 0 atom stereocenters. The van der Waals surface area contributed by atoms with Crippen molar-refractivity contribution in [3.05, 3.63) is 29.8 Å². The van der Waals surface area contributed by atoms with Crippen molar-refractivity contribution < 1.29 is 9.47 Å². The van der Waals surface area contributed by atoms with Crippen LogP contribution >= 0.6 is 0 Å². The Hall–Kier alpha value is -1.06. The molecule has 2 N–H and O–H groups in total. The van der Waals surface area contributed by atoms with Crippen molar-refractivity contribution in [2.75, 3.05) is 19.8 Å². The third-order valence-corrected chi connectivity index (χ3v) is 2.35. The molecule has 1 aromatic rings. The zero-order valence-corrected chi connectivity index (χ0v) is 8.11. The predicted molar refractivity (Wildman–Crippen MR) is 54.1 cm³/mol. The lowest BCUT2D eigenvalue weighted by atomic mass is 10.1. The molecule has 1 aromatic carbocycles. The number of hydrogen-bond acceptors (Lipinski definition) is 3. The van der Waals surface area contributed by atoms with Gasteiger partial charge >= 0.3 is 0 Å². The quantitative estimate of drug-likeness (QED) is 0.780. The minimum absolute atomic E-state index is 0.573. The molecule has 0 unspecified atom stereocenters. The van der Waals surface area contributed by atoms with E-state index in [1.807, 2.05) is 24.3 Å². The van der Waals surface area contributed by atoms with Gasteiger partial charge in [-0.2, -0.15) is 0 Å². The van der Waals surface area contributed by atoms with Gasteiger partial charge in [-0.05, 0) is 17.7 Å². The van der Waals surface area contributed by atoms with Crippen LogP contribution in [0.2, 0.25) is 0 Å². The van der Waals surface area contributed by atoms with Crippen LogP contribution in [-0.2, 0) is 11.3 Å². The molecule has 0 spiro atoms. The van der Waals surface area contributed by atoms with Gasteiger partial charge in [-0.1, -0.05) is 12.1 Å². The second-order valence-corrected chi connectivity index (χ2v) is 3.56. The number of nitrogens with two attached hydrogens (primary N) is 1. The van der Waals surface area contributed by atoms with Crippen molar-refractivity contribution >= 4 is 0 Å². The van der Waals surface area contributed by atoms with Crippen LogP contribution in [0.25, 0.3) is 0 Å². The Balaban J connectivity index is 1.83. The molecule has 1 fully saturated rings. The summed E-state index contributed by atoms with van der Waals surface area (Å²) in [4.78, 5) is 0. The summed E-state index contributed by atoms with van der Waals surface area (Å²) < 4.78 is 10.7. The summed E-state index contributed by atoms with van der Waals surface area (Å²) in [6.45, 7) is 3.00. The molecule has 14 heavy (non-hydrogen) atoms. The van der Waals surface area contributed by atoms with Gasteiger partial charge in [-0.25, -0.2) is 0 Å². The molecule has 0 aromatic heterocycles. The van der Waals surface area contributed by atoms with Crippen LogP contribution in [0.4, 0.5) is 0 Å². The van der Waals surface area contributed by atoms with E-state index in [9.17, 15) is 0 Å². The molecule has 0 aliphatic carbocycles. The largest absolute Gasteiger partial charge is 0.493 e. The highest BCUT2D eigenvalue weighted by atomic mass is 16.5. The van der Waals surface area contributed by atoms with Gasteiger partial charge in [-0.3, -0.25) is 0 Å². The molecular weight excluding hydrogens is 178 g/mol. The number of ether oxygens (including phenoxy) is 2. The lowest BCUT2D eigenvalue weighted by Crippen LogP contribution is -2.32. The highest BCUT2D eigenvalue weighted by molar-refractivity contribution is 5.27. The van der Waals surface area contributed by atoms with E-state index in [2.05, 4.69) is 0 Å². The van der Waals surface area contributed by atoms with Gasteiger partial charge in [0.25, 0.3) is 0 Å². The molecule has 0 amide bonds. The molecule has 0 saturated carbocycles. The molecule has 3 heteroatoms. The predicted octanol–water partition coefficient (Wildman–Crippen LogP) is 1.17. The third kappa shape index (κ3) is 2.25. The van der Waals surface area contributed by atoms with E-state index >= 15 is 0 Å². The Morgan fingerprint density at radius 3 is 2.50 bits per heavy atom. The van der Waals surface area contributed by atoms with Gasteiger partial charge in [0.05, 0.1) is 19.8 Å². The molecule has 76 valence electrons. The number of hydrogen-bond donors (Lipinski definition) is 1. The molecule has 1 aliphatic heterocycles. The van der Waals surface area contributed by atoms with E-state index in [-0.39, 0.29) is 0 Å². The average Bonchev–Trinajstić information content (AvgIpc) is 2.16. The van der Waals surface area contributed by atoms with Gasteiger partial charge in [0.15, 0.2) is 0 Å². The second kappa shape index (κ2) is 4.44. The van der Waals surface area contributed by atoms with Crippen LogP contribution in [0.3, 0.4) is 0 Å². The van der Waals surface area contributed by atoms with Crippen molar-refractivity contribution in [3.8, 4) is 5.75 Å². The minimum atomic E-state index is 0.573. The maximum Gasteiger partial charge on any atom is 0.119 e. The molecule has 0 radical (unpaired) electrons. The highest BCUT2D eigenvalue weighted by Gasteiger charge is 2.18. The fraction of sp³-hybridized carbons (Fsp3) is 0.455. The highest BCUT2D eigenvalue weighted by Crippen LogP contribution is 2.15. The monoisotopic (exact) mass is 193 g/mol. The maximum absolute atomic E-state index is 5.59. The standard InChI is InChI=1S/C11H15NO2/c12-5-9-1-3-11(4-2-9)14-8-10-6-13-7-10/h1-4,10H,5-8,12H2. The van der Waals surface area contributed by atoms with E-state index < -0.39 is 0 Å². The Kier molecular flexibility index (Phi) is 3.01. The van der Waals surface area contributed by atoms with Crippen LogP contribution in [-0.4, -0.2) is 19.8 Å². The molecule has 1 saturated heterocycles. The fourth-order valence-electron chi connectivity index (χ4n) is 1.32. The first-order valence-corrected chi connectivity index (χ1v) is 4.88. The lowest BCUT2D eigenvalue weighted by Gasteiger charge is -2.25. The Bertz CT molecular complexity index is 280. The van der Waals surface area contributed by atoms with Gasteiger partial charge in [-0.15, -0.1) is 0 Å². The fourth-order valence-corrected chi connectivity index (χ4v) is 1.32. The van der Waals surface area contributed by atoms with Crippen molar-refractivity contribution in [3.63, 3.8) is 0 Å². The van der Waals surface area contributed by atoms with Crippen LogP contribution in [0.1, 0.15) is 5.56 Å². The zero-order valence-electron chi connectivity index (χ0n) is 8.11. The van der Waals surface area contributed by atoms with Crippen molar-refractivity contribution in [1.29, 1.82) is 0 Å². The molecule has 1 aliphatic rings. The van der Waals surface area contributed by atoms with Crippen molar-refractivity contribution in [2.45, 2.75) is 6.54 Å². The van der Waals surface area contributed by atoms with Crippen LogP contribution in [0, 0.1) is 5.92 Å². The van der Waals surface area contributed by atoms with E-state index in [1.165, 1.54) is 0 Å². The van der Waals surface area contributed by atoms with Crippen LogP contribution in [0.15, 0.2) is 24.3 Å². The lowest BCUT2D eigenvalue weighted by molar-refractivity contribution is -0.0508.